The summed E-state index contributed by atoms with van der Waals surface area (Å²) in [6.07, 6.45) is -0.836. The van der Waals surface area contributed by atoms with E-state index < -0.39 is 71.9 Å². The van der Waals surface area contributed by atoms with Crippen LogP contribution in [-0.2, 0) is 40.1 Å². The smallest absolute Gasteiger partial charge is 0.408 e. The lowest BCUT2D eigenvalue weighted by molar-refractivity contribution is -0.147. The van der Waals surface area contributed by atoms with Gasteiger partial charge in [-0.2, -0.15) is 0 Å². The highest BCUT2D eigenvalue weighted by Gasteiger charge is 2.31. The van der Waals surface area contributed by atoms with Gasteiger partial charge in [-0.05, 0) is 46.1 Å². The highest BCUT2D eigenvalue weighted by Crippen LogP contribution is 2.09. The largest absolute Gasteiger partial charge is 0.461 e. The minimum Gasteiger partial charge on any atom is -0.461 e. The number of hydrogen-bond acceptors (Lipinski definition) is 8. The molecule has 0 spiro atoms. The topological polar surface area (TPSA) is 195 Å². The fourth-order valence-electron chi connectivity index (χ4n) is 3.41. The Labute approximate surface area is 240 Å². The molecule has 0 unspecified atom stereocenters. The standard InChI is InChI=1S/C28H43N5O8/c1-8-16(2)22(23(29)35)33-25(37)17(3)30-26(38)20(14-21(34)40-15-19-12-10-9-11-13-19)32-24(36)18(4)31-27(39)41-28(5,6)7/h9-13,16-18,20,22H,8,14-15H2,1-7H3,(H2,29,35)(H,30,38)(H,31,39)(H,32,36)(H,33,37)/t16-,17+,18+,20+,22-/m0/s1. The minimum absolute atomic E-state index is 0.0541. The predicted molar refractivity (Wildman–Crippen MR) is 150 cm³/mol. The summed E-state index contributed by atoms with van der Waals surface area (Å²) in [5, 5.41) is 9.74. The molecule has 0 aliphatic carbocycles. The molecule has 0 aliphatic heterocycles. The summed E-state index contributed by atoms with van der Waals surface area (Å²) < 4.78 is 10.4. The second kappa shape index (κ2) is 16.2. The fourth-order valence-corrected chi connectivity index (χ4v) is 3.41. The van der Waals surface area contributed by atoms with E-state index in [1.54, 1.807) is 58.0 Å². The van der Waals surface area contributed by atoms with Crippen molar-refractivity contribution >= 4 is 35.7 Å². The van der Waals surface area contributed by atoms with Gasteiger partial charge in [0.1, 0.15) is 36.4 Å². The Morgan fingerprint density at radius 2 is 1.39 bits per heavy atom. The van der Waals surface area contributed by atoms with Gasteiger partial charge in [-0.3, -0.25) is 24.0 Å². The normalized spacial score (nSPS) is 14.7. The van der Waals surface area contributed by atoms with Crippen molar-refractivity contribution in [2.75, 3.05) is 0 Å². The van der Waals surface area contributed by atoms with E-state index in [1.807, 2.05) is 6.92 Å². The van der Waals surface area contributed by atoms with E-state index in [9.17, 15) is 28.8 Å². The molecule has 6 N–H and O–H groups in total. The number of primary amides is 1. The van der Waals surface area contributed by atoms with Crippen molar-refractivity contribution in [1.82, 2.24) is 21.3 Å². The maximum Gasteiger partial charge on any atom is 0.408 e. The van der Waals surface area contributed by atoms with Gasteiger partial charge in [-0.1, -0.05) is 50.6 Å². The summed E-state index contributed by atoms with van der Waals surface area (Å²) in [5.74, 6) is -4.08. The molecule has 13 nitrogen and oxygen atoms in total. The van der Waals surface area contributed by atoms with E-state index in [0.717, 1.165) is 5.56 Å². The number of rotatable bonds is 14. The van der Waals surface area contributed by atoms with Gasteiger partial charge in [0.15, 0.2) is 0 Å². The minimum atomic E-state index is -1.45. The van der Waals surface area contributed by atoms with Gasteiger partial charge >= 0.3 is 12.1 Å². The van der Waals surface area contributed by atoms with Crippen molar-refractivity contribution in [3.8, 4) is 0 Å². The van der Waals surface area contributed by atoms with Crippen LogP contribution in [0.4, 0.5) is 4.79 Å². The van der Waals surface area contributed by atoms with Crippen LogP contribution in [0.3, 0.4) is 0 Å². The van der Waals surface area contributed by atoms with E-state index in [2.05, 4.69) is 21.3 Å². The Morgan fingerprint density at radius 1 is 0.829 bits per heavy atom. The number of nitrogens with two attached hydrogens (primary N) is 1. The van der Waals surface area contributed by atoms with E-state index in [4.69, 9.17) is 15.2 Å². The molecule has 1 rings (SSSR count). The lowest BCUT2D eigenvalue weighted by Crippen LogP contribution is -2.58. The predicted octanol–water partition coefficient (Wildman–Crippen LogP) is 1.04. The third kappa shape index (κ3) is 13.2. The van der Waals surface area contributed by atoms with Crippen molar-refractivity contribution in [3.63, 3.8) is 0 Å². The molecule has 0 aromatic heterocycles. The number of amides is 5. The van der Waals surface area contributed by atoms with Gasteiger partial charge in [-0.15, -0.1) is 0 Å². The first-order valence-electron chi connectivity index (χ1n) is 13.4. The van der Waals surface area contributed by atoms with Crippen LogP contribution in [0.25, 0.3) is 0 Å². The van der Waals surface area contributed by atoms with Crippen LogP contribution in [0.15, 0.2) is 30.3 Å². The van der Waals surface area contributed by atoms with Crippen LogP contribution >= 0.6 is 0 Å². The average molecular weight is 578 g/mol. The number of nitrogens with one attached hydrogen (secondary N) is 4. The van der Waals surface area contributed by atoms with Crippen LogP contribution in [0, 0.1) is 5.92 Å². The zero-order chi connectivity index (χ0) is 31.3. The molecule has 5 atom stereocenters. The van der Waals surface area contributed by atoms with E-state index in [0.29, 0.717) is 6.42 Å². The van der Waals surface area contributed by atoms with E-state index in [1.165, 1.54) is 13.8 Å². The lowest BCUT2D eigenvalue weighted by Gasteiger charge is -2.25. The van der Waals surface area contributed by atoms with Crippen LogP contribution in [0.5, 0.6) is 0 Å². The molecule has 1 aromatic rings. The highest BCUT2D eigenvalue weighted by atomic mass is 16.6. The molecule has 0 radical (unpaired) electrons. The lowest BCUT2D eigenvalue weighted by atomic mass is 9.98. The SMILES string of the molecule is CC[C@H](C)[C@H](NC(=O)[C@@H](C)NC(=O)[C@@H](CC(=O)OCc1ccccc1)NC(=O)[C@@H](C)NC(=O)OC(C)(C)C)C(N)=O. The molecule has 0 heterocycles. The van der Waals surface area contributed by atoms with Crippen molar-refractivity contribution < 1.29 is 38.2 Å². The summed E-state index contributed by atoms with van der Waals surface area (Å²) in [4.78, 5) is 75.1. The Balaban J connectivity index is 2.97. The van der Waals surface area contributed by atoms with E-state index in [-0.39, 0.29) is 12.5 Å². The molecule has 0 saturated heterocycles. The number of carbonyl (C=O) groups is 6. The van der Waals surface area contributed by atoms with Gasteiger partial charge in [0.05, 0.1) is 6.42 Å². The van der Waals surface area contributed by atoms with Gasteiger partial charge in [0.2, 0.25) is 23.6 Å². The molecule has 41 heavy (non-hydrogen) atoms. The third-order valence-electron chi connectivity index (χ3n) is 5.94. The quantitative estimate of drug-likeness (QED) is 0.202. The molecule has 228 valence electrons. The molecule has 13 heteroatoms. The summed E-state index contributed by atoms with van der Waals surface area (Å²) in [6.45, 7) is 11.2. The molecule has 5 amide bonds. The Bertz CT molecular complexity index is 1070. The first-order chi connectivity index (χ1) is 19.0. The summed E-state index contributed by atoms with van der Waals surface area (Å²) in [5.41, 5.74) is 5.33. The third-order valence-corrected chi connectivity index (χ3v) is 5.94. The average Bonchev–Trinajstić information content (AvgIpc) is 2.88. The van der Waals surface area contributed by atoms with Gasteiger partial charge < -0.3 is 36.5 Å². The molecule has 0 aliphatic rings. The number of benzene rings is 1. The zero-order valence-corrected chi connectivity index (χ0v) is 24.7. The Kier molecular flexibility index (Phi) is 13.8. The second-order valence-electron chi connectivity index (χ2n) is 10.8. The first-order valence-corrected chi connectivity index (χ1v) is 13.4. The zero-order valence-electron chi connectivity index (χ0n) is 24.7. The van der Waals surface area contributed by atoms with Gasteiger partial charge in [0.25, 0.3) is 0 Å². The van der Waals surface area contributed by atoms with Gasteiger partial charge in [0, 0.05) is 0 Å². The molecule has 0 bridgehead atoms. The van der Waals surface area contributed by atoms with Crippen LogP contribution in [0.1, 0.15) is 66.9 Å². The summed E-state index contributed by atoms with van der Waals surface area (Å²) in [6, 6.07) is 4.17. The number of ether oxygens (including phenoxy) is 2. The second-order valence-corrected chi connectivity index (χ2v) is 10.8. The monoisotopic (exact) mass is 577 g/mol. The van der Waals surface area contributed by atoms with Crippen LogP contribution in [-0.4, -0.2) is 65.5 Å². The molecular formula is C28H43N5O8. The summed E-state index contributed by atoms with van der Waals surface area (Å²) >= 11 is 0. The van der Waals surface area contributed by atoms with Crippen molar-refractivity contribution in [3.05, 3.63) is 35.9 Å². The number of carbonyl (C=O) groups excluding carboxylic acids is 6. The number of alkyl carbamates (subject to hydrolysis) is 1. The first kappa shape index (κ1) is 34.9. The van der Waals surface area contributed by atoms with E-state index >= 15 is 0 Å². The fraction of sp³-hybridized carbons (Fsp3) is 0.571. The Morgan fingerprint density at radius 3 is 1.93 bits per heavy atom. The Hall–Kier alpha value is -4.16. The maximum atomic E-state index is 13.1. The number of hydrogen-bond donors (Lipinski definition) is 5. The molecule has 1 aromatic carbocycles. The van der Waals surface area contributed by atoms with Gasteiger partial charge in [-0.25, -0.2) is 4.79 Å². The highest BCUT2D eigenvalue weighted by molar-refractivity contribution is 5.96. The molecule has 0 fully saturated rings. The van der Waals surface area contributed by atoms with Crippen molar-refractivity contribution in [1.29, 1.82) is 0 Å². The maximum absolute atomic E-state index is 13.1. The van der Waals surface area contributed by atoms with Crippen molar-refractivity contribution in [2.45, 2.75) is 97.7 Å². The van der Waals surface area contributed by atoms with Crippen molar-refractivity contribution in [2.24, 2.45) is 11.7 Å². The van der Waals surface area contributed by atoms with Crippen LogP contribution < -0.4 is 27.0 Å². The number of esters is 1. The molecular weight excluding hydrogens is 534 g/mol. The summed E-state index contributed by atoms with van der Waals surface area (Å²) in [7, 11) is 0. The van der Waals surface area contributed by atoms with Crippen LogP contribution in [0.2, 0.25) is 0 Å². The molecule has 0 saturated carbocycles.